The standard InChI is InChI=1S/C23H23ClN4O2/c24-19-11-9-18(10-12-19)23-26-22(30-27-23)8-3-7-21(29)25-14-4-15-28-16-13-17-5-1-2-6-20(17)28/h1-2,5-6,9-13,16H,3-4,7-8,14-15H2,(H,25,29). The van der Waals surface area contributed by atoms with Gasteiger partial charge in [0.25, 0.3) is 0 Å². The van der Waals surface area contributed by atoms with Crippen molar-refractivity contribution in [3.8, 4) is 11.4 Å². The average Bonchev–Trinajstić information content (AvgIpc) is 3.39. The Bertz CT molecular complexity index is 1120. The smallest absolute Gasteiger partial charge is 0.226 e. The van der Waals surface area contributed by atoms with Gasteiger partial charge in [0.15, 0.2) is 0 Å². The third kappa shape index (κ3) is 5.07. The molecule has 4 aromatic rings. The van der Waals surface area contributed by atoms with Crippen LogP contribution in [0.2, 0.25) is 5.02 Å². The van der Waals surface area contributed by atoms with E-state index in [-0.39, 0.29) is 5.91 Å². The number of benzene rings is 2. The van der Waals surface area contributed by atoms with Gasteiger partial charge in [0, 0.05) is 48.2 Å². The largest absolute Gasteiger partial charge is 0.356 e. The molecule has 7 heteroatoms. The van der Waals surface area contributed by atoms with E-state index in [1.54, 1.807) is 12.1 Å². The average molecular weight is 423 g/mol. The lowest BCUT2D eigenvalue weighted by atomic mass is 10.2. The van der Waals surface area contributed by atoms with Gasteiger partial charge >= 0.3 is 0 Å². The second kappa shape index (κ2) is 9.59. The Kier molecular flexibility index (Phi) is 6.44. The number of fused-ring (bicyclic) bond motifs is 1. The molecule has 0 unspecified atom stereocenters. The van der Waals surface area contributed by atoms with Crippen molar-refractivity contribution in [3.05, 3.63) is 71.7 Å². The van der Waals surface area contributed by atoms with Crippen LogP contribution in [0.15, 0.2) is 65.3 Å². The molecule has 0 saturated heterocycles. The number of aryl methyl sites for hydroxylation is 2. The zero-order valence-corrected chi connectivity index (χ0v) is 17.3. The van der Waals surface area contributed by atoms with Crippen molar-refractivity contribution in [2.24, 2.45) is 0 Å². The van der Waals surface area contributed by atoms with Crippen molar-refractivity contribution in [2.75, 3.05) is 6.54 Å². The molecule has 0 spiro atoms. The van der Waals surface area contributed by atoms with Crippen molar-refractivity contribution >= 4 is 28.4 Å². The first-order chi connectivity index (χ1) is 14.7. The summed E-state index contributed by atoms with van der Waals surface area (Å²) in [5.41, 5.74) is 2.07. The highest BCUT2D eigenvalue weighted by Gasteiger charge is 2.09. The van der Waals surface area contributed by atoms with Crippen LogP contribution in [0.5, 0.6) is 0 Å². The van der Waals surface area contributed by atoms with E-state index in [2.05, 4.69) is 44.4 Å². The molecular weight excluding hydrogens is 400 g/mol. The van der Waals surface area contributed by atoms with Gasteiger partial charge in [-0.25, -0.2) is 0 Å². The number of nitrogens with zero attached hydrogens (tertiary/aromatic N) is 3. The molecule has 0 fully saturated rings. The lowest BCUT2D eigenvalue weighted by Crippen LogP contribution is -2.25. The predicted molar refractivity (Wildman–Crippen MR) is 117 cm³/mol. The Morgan fingerprint density at radius 3 is 2.77 bits per heavy atom. The number of amides is 1. The van der Waals surface area contributed by atoms with Gasteiger partial charge in [0.1, 0.15) is 0 Å². The number of carbonyl (C=O) groups excluding carboxylic acids is 1. The summed E-state index contributed by atoms with van der Waals surface area (Å²) in [4.78, 5) is 16.4. The van der Waals surface area contributed by atoms with Crippen molar-refractivity contribution in [1.82, 2.24) is 20.0 Å². The zero-order chi connectivity index (χ0) is 20.8. The molecule has 0 bridgehead atoms. The first-order valence-corrected chi connectivity index (χ1v) is 10.5. The number of para-hydroxylation sites is 1. The van der Waals surface area contributed by atoms with E-state index in [1.807, 2.05) is 24.3 Å². The Balaban J connectivity index is 1.15. The highest BCUT2D eigenvalue weighted by molar-refractivity contribution is 6.30. The van der Waals surface area contributed by atoms with Crippen molar-refractivity contribution in [1.29, 1.82) is 0 Å². The quantitative estimate of drug-likeness (QED) is 0.390. The maximum atomic E-state index is 12.1. The number of hydrogen-bond acceptors (Lipinski definition) is 4. The third-order valence-electron chi connectivity index (χ3n) is 4.94. The fraction of sp³-hybridized carbons (Fsp3) is 0.261. The van der Waals surface area contributed by atoms with Gasteiger partial charge in [-0.1, -0.05) is 35.0 Å². The van der Waals surface area contributed by atoms with E-state index in [0.29, 0.717) is 42.5 Å². The van der Waals surface area contributed by atoms with E-state index in [1.165, 1.54) is 10.9 Å². The molecule has 1 amide bonds. The van der Waals surface area contributed by atoms with Crippen molar-refractivity contribution in [3.63, 3.8) is 0 Å². The van der Waals surface area contributed by atoms with Gasteiger partial charge in [-0.2, -0.15) is 4.98 Å². The first kappa shape index (κ1) is 20.2. The van der Waals surface area contributed by atoms with Crippen molar-refractivity contribution < 1.29 is 9.32 Å². The van der Waals surface area contributed by atoms with Gasteiger partial charge in [0.05, 0.1) is 0 Å². The van der Waals surface area contributed by atoms with Crippen LogP contribution in [0.1, 0.15) is 25.2 Å². The number of aromatic nitrogens is 3. The van der Waals surface area contributed by atoms with Crippen LogP contribution < -0.4 is 5.32 Å². The minimum absolute atomic E-state index is 0.0461. The monoisotopic (exact) mass is 422 g/mol. The van der Waals surface area contributed by atoms with Gasteiger partial charge in [-0.3, -0.25) is 4.79 Å². The maximum absolute atomic E-state index is 12.1. The molecular formula is C23H23ClN4O2. The second-order valence-corrected chi connectivity index (χ2v) is 7.58. The number of rotatable bonds is 9. The van der Waals surface area contributed by atoms with Gasteiger partial charge < -0.3 is 14.4 Å². The number of carbonyl (C=O) groups is 1. The van der Waals surface area contributed by atoms with E-state index >= 15 is 0 Å². The summed E-state index contributed by atoms with van der Waals surface area (Å²) in [6, 6.07) is 17.7. The summed E-state index contributed by atoms with van der Waals surface area (Å²) >= 11 is 5.89. The van der Waals surface area contributed by atoms with Crippen LogP contribution in [0.25, 0.3) is 22.3 Å². The highest BCUT2D eigenvalue weighted by Crippen LogP contribution is 2.19. The van der Waals surface area contributed by atoms with Gasteiger partial charge in [-0.15, -0.1) is 0 Å². The van der Waals surface area contributed by atoms with Crippen LogP contribution in [-0.4, -0.2) is 27.2 Å². The summed E-state index contributed by atoms with van der Waals surface area (Å²) in [6.45, 7) is 1.54. The first-order valence-electron chi connectivity index (χ1n) is 10.1. The Labute approximate surface area is 179 Å². The highest BCUT2D eigenvalue weighted by atomic mass is 35.5. The fourth-order valence-corrected chi connectivity index (χ4v) is 3.50. The predicted octanol–water partition coefficient (Wildman–Crippen LogP) is 4.87. The molecule has 4 rings (SSSR count). The van der Waals surface area contributed by atoms with Crippen LogP contribution in [0.4, 0.5) is 0 Å². The number of halogens is 1. The Morgan fingerprint density at radius 1 is 1.07 bits per heavy atom. The molecule has 0 atom stereocenters. The van der Waals surface area contributed by atoms with E-state index in [4.69, 9.17) is 16.1 Å². The van der Waals surface area contributed by atoms with Crippen molar-refractivity contribution in [2.45, 2.75) is 32.2 Å². The summed E-state index contributed by atoms with van der Waals surface area (Å²) < 4.78 is 7.50. The molecule has 1 N–H and O–H groups in total. The van der Waals surface area contributed by atoms with Crippen LogP contribution >= 0.6 is 11.6 Å². The van der Waals surface area contributed by atoms with E-state index in [9.17, 15) is 4.79 Å². The summed E-state index contributed by atoms with van der Waals surface area (Å²) in [5, 5.41) is 8.87. The molecule has 0 aliphatic heterocycles. The summed E-state index contributed by atoms with van der Waals surface area (Å²) in [6.07, 6.45) is 4.65. The summed E-state index contributed by atoms with van der Waals surface area (Å²) in [7, 11) is 0. The molecule has 0 saturated carbocycles. The zero-order valence-electron chi connectivity index (χ0n) is 16.6. The second-order valence-electron chi connectivity index (χ2n) is 7.14. The molecule has 30 heavy (non-hydrogen) atoms. The number of hydrogen-bond donors (Lipinski definition) is 1. The molecule has 6 nitrogen and oxygen atoms in total. The molecule has 0 aliphatic carbocycles. The van der Waals surface area contributed by atoms with Crippen LogP contribution in [0.3, 0.4) is 0 Å². The maximum Gasteiger partial charge on any atom is 0.226 e. The van der Waals surface area contributed by atoms with Crippen LogP contribution in [-0.2, 0) is 17.8 Å². The number of nitrogens with one attached hydrogen (secondary N) is 1. The topological polar surface area (TPSA) is 72.9 Å². The lowest BCUT2D eigenvalue weighted by molar-refractivity contribution is -0.121. The molecule has 2 aromatic carbocycles. The van der Waals surface area contributed by atoms with Gasteiger partial charge in [0.2, 0.25) is 17.6 Å². The Morgan fingerprint density at radius 2 is 1.90 bits per heavy atom. The molecule has 0 radical (unpaired) electrons. The van der Waals surface area contributed by atoms with E-state index < -0.39 is 0 Å². The van der Waals surface area contributed by atoms with Crippen LogP contribution in [0, 0.1) is 0 Å². The molecule has 2 aromatic heterocycles. The normalized spacial score (nSPS) is 11.1. The van der Waals surface area contributed by atoms with Gasteiger partial charge in [-0.05, 0) is 54.6 Å². The minimum Gasteiger partial charge on any atom is -0.356 e. The summed E-state index contributed by atoms with van der Waals surface area (Å²) in [5.74, 6) is 1.11. The fourth-order valence-electron chi connectivity index (χ4n) is 3.37. The molecule has 2 heterocycles. The Hall–Kier alpha value is -3.12. The minimum atomic E-state index is 0.0461. The van der Waals surface area contributed by atoms with E-state index in [0.717, 1.165) is 18.5 Å². The molecule has 154 valence electrons. The third-order valence-corrected chi connectivity index (χ3v) is 5.20. The lowest BCUT2D eigenvalue weighted by Gasteiger charge is -2.07. The molecule has 0 aliphatic rings. The SMILES string of the molecule is O=C(CCCc1nc(-c2ccc(Cl)cc2)no1)NCCCn1ccc2ccccc21.